The van der Waals surface area contributed by atoms with E-state index in [1.54, 1.807) is 0 Å². The van der Waals surface area contributed by atoms with Gasteiger partial charge in [0.1, 0.15) is 0 Å². The monoisotopic (exact) mass is 275 g/mol. The third kappa shape index (κ3) is 3.73. The van der Waals surface area contributed by atoms with Crippen molar-refractivity contribution in [3.05, 3.63) is 35.9 Å². The number of benzene rings is 1. The summed E-state index contributed by atoms with van der Waals surface area (Å²) in [5.41, 5.74) is 1.15. The Morgan fingerprint density at radius 3 is 2.60 bits per heavy atom. The first kappa shape index (κ1) is 14.9. The number of piperazine rings is 1. The first-order chi connectivity index (χ1) is 9.49. The van der Waals surface area contributed by atoms with E-state index in [1.807, 2.05) is 23.1 Å². The van der Waals surface area contributed by atoms with Crippen LogP contribution in [-0.4, -0.2) is 54.6 Å². The number of hydrogen-bond acceptors (Lipinski definition) is 2. The zero-order chi connectivity index (χ0) is 14.6. The largest absolute Gasteiger partial charge is 0.338 e. The van der Waals surface area contributed by atoms with Gasteiger partial charge in [-0.05, 0) is 32.9 Å². The van der Waals surface area contributed by atoms with E-state index in [-0.39, 0.29) is 11.6 Å². The molecule has 0 spiro atoms. The van der Waals surface area contributed by atoms with Crippen molar-refractivity contribution in [3.8, 4) is 0 Å². The number of hydrogen-bond donors (Lipinski definition) is 1. The molecule has 2 amide bonds. The van der Waals surface area contributed by atoms with Gasteiger partial charge in [-0.25, -0.2) is 4.79 Å². The fourth-order valence-electron chi connectivity index (χ4n) is 2.83. The molecule has 110 valence electrons. The normalized spacial score (nSPS) is 18.9. The summed E-state index contributed by atoms with van der Waals surface area (Å²) in [6, 6.07) is 10.3. The van der Waals surface area contributed by atoms with Gasteiger partial charge in [0.2, 0.25) is 0 Å². The molecular formula is C16H25N3O. The fraction of sp³-hybridized carbons (Fsp3) is 0.562. The van der Waals surface area contributed by atoms with Crippen molar-refractivity contribution in [2.45, 2.75) is 25.8 Å². The first-order valence-electron chi connectivity index (χ1n) is 7.27. The molecule has 4 nitrogen and oxygen atoms in total. The van der Waals surface area contributed by atoms with E-state index in [4.69, 9.17) is 0 Å². The molecule has 1 N–H and O–H groups in total. The van der Waals surface area contributed by atoms with Gasteiger partial charge in [0.05, 0.1) is 5.54 Å². The Morgan fingerprint density at radius 2 is 1.95 bits per heavy atom. The van der Waals surface area contributed by atoms with E-state index in [1.165, 1.54) is 5.56 Å². The molecule has 4 heteroatoms. The van der Waals surface area contributed by atoms with Crippen LogP contribution < -0.4 is 5.32 Å². The lowest BCUT2D eigenvalue weighted by Crippen LogP contribution is -2.62. The zero-order valence-electron chi connectivity index (χ0n) is 12.7. The number of rotatable bonds is 3. The minimum Gasteiger partial charge on any atom is -0.338 e. The maximum absolute atomic E-state index is 12.3. The molecule has 1 aliphatic rings. The third-order valence-electron chi connectivity index (χ3n) is 3.87. The van der Waals surface area contributed by atoms with E-state index >= 15 is 0 Å². The van der Waals surface area contributed by atoms with Crippen LogP contribution in [0.2, 0.25) is 0 Å². The molecule has 0 bridgehead atoms. The Balaban J connectivity index is 1.83. The lowest BCUT2D eigenvalue weighted by Gasteiger charge is -2.45. The second-order valence-electron chi connectivity index (χ2n) is 6.17. The van der Waals surface area contributed by atoms with Crippen LogP contribution >= 0.6 is 0 Å². The van der Waals surface area contributed by atoms with Gasteiger partial charge in [0.25, 0.3) is 0 Å². The van der Waals surface area contributed by atoms with Gasteiger partial charge >= 0.3 is 6.03 Å². The Hall–Kier alpha value is -1.55. The highest BCUT2D eigenvalue weighted by Crippen LogP contribution is 2.19. The summed E-state index contributed by atoms with van der Waals surface area (Å²) in [7, 11) is 2.10. The van der Waals surface area contributed by atoms with Crippen molar-refractivity contribution in [1.82, 2.24) is 15.1 Å². The van der Waals surface area contributed by atoms with E-state index in [9.17, 15) is 4.79 Å². The van der Waals surface area contributed by atoms with Crippen molar-refractivity contribution >= 4 is 6.03 Å². The molecule has 1 fully saturated rings. The standard InChI is InChI=1S/C16H25N3O/c1-16(2)13-18(3)11-12-19(16)15(20)17-10-9-14-7-5-4-6-8-14/h4-8H,9-13H2,1-3H3,(H,17,20). The molecule has 1 heterocycles. The van der Waals surface area contributed by atoms with Crippen molar-refractivity contribution in [3.63, 3.8) is 0 Å². The topological polar surface area (TPSA) is 35.6 Å². The minimum absolute atomic E-state index is 0.0547. The van der Waals surface area contributed by atoms with E-state index in [2.05, 4.69) is 43.2 Å². The van der Waals surface area contributed by atoms with Gasteiger partial charge < -0.3 is 15.1 Å². The van der Waals surface area contributed by atoms with Gasteiger partial charge in [-0.15, -0.1) is 0 Å². The van der Waals surface area contributed by atoms with Gasteiger partial charge in [-0.2, -0.15) is 0 Å². The highest BCUT2D eigenvalue weighted by molar-refractivity contribution is 5.75. The average Bonchev–Trinajstić information content (AvgIpc) is 2.38. The molecule has 0 saturated carbocycles. The quantitative estimate of drug-likeness (QED) is 0.915. The number of carbonyl (C=O) groups excluding carboxylic acids is 1. The lowest BCUT2D eigenvalue weighted by atomic mass is 10.00. The van der Waals surface area contributed by atoms with E-state index in [0.29, 0.717) is 6.54 Å². The highest BCUT2D eigenvalue weighted by atomic mass is 16.2. The number of carbonyl (C=O) groups is 1. The number of likely N-dealkylation sites (N-methyl/N-ethyl adjacent to an activating group) is 1. The smallest absolute Gasteiger partial charge is 0.317 e. The van der Waals surface area contributed by atoms with Gasteiger partial charge in [-0.3, -0.25) is 0 Å². The summed E-state index contributed by atoms with van der Waals surface area (Å²) >= 11 is 0. The summed E-state index contributed by atoms with van der Waals surface area (Å²) in [5.74, 6) is 0. The molecule has 1 saturated heterocycles. The van der Waals surface area contributed by atoms with Crippen LogP contribution in [0.4, 0.5) is 4.79 Å². The van der Waals surface area contributed by atoms with Crippen molar-refractivity contribution in [2.24, 2.45) is 0 Å². The zero-order valence-corrected chi connectivity index (χ0v) is 12.7. The van der Waals surface area contributed by atoms with Crippen molar-refractivity contribution in [1.29, 1.82) is 0 Å². The third-order valence-corrected chi connectivity index (χ3v) is 3.87. The highest BCUT2D eigenvalue weighted by Gasteiger charge is 2.35. The summed E-state index contributed by atoms with van der Waals surface area (Å²) in [6.07, 6.45) is 0.876. The molecule has 20 heavy (non-hydrogen) atoms. The number of nitrogens with one attached hydrogen (secondary N) is 1. The van der Waals surface area contributed by atoms with Crippen LogP contribution in [0.3, 0.4) is 0 Å². The van der Waals surface area contributed by atoms with E-state index in [0.717, 1.165) is 26.1 Å². The Morgan fingerprint density at radius 1 is 1.25 bits per heavy atom. The van der Waals surface area contributed by atoms with Gasteiger partial charge in [-0.1, -0.05) is 30.3 Å². The summed E-state index contributed by atoms with van der Waals surface area (Å²) in [6.45, 7) is 7.58. The van der Waals surface area contributed by atoms with Crippen LogP contribution in [0, 0.1) is 0 Å². The Labute approximate surface area is 121 Å². The predicted molar refractivity (Wildman–Crippen MR) is 81.8 cm³/mol. The van der Waals surface area contributed by atoms with Crippen molar-refractivity contribution in [2.75, 3.05) is 33.2 Å². The average molecular weight is 275 g/mol. The molecule has 1 aromatic carbocycles. The molecule has 2 rings (SSSR count). The van der Waals surface area contributed by atoms with Crippen LogP contribution in [-0.2, 0) is 6.42 Å². The maximum atomic E-state index is 12.3. The minimum atomic E-state index is -0.107. The van der Waals surface area contributed by atoms with Crippen LogP contribution in [0.1, 0.15) is 19.4 Å². The Kier molecular flexibility index (Phi) is 4.65. The summed E-state index contributed by atoms with van der Waals surface area (Å²) in [4.78, 5) is 16.5. The fourth-order valence-corrected chi connectivity index (χ4v) is 2.83. The maximum Gasteiger partial charge on any atom is 0.317 e. The lowest BCUT2D eigenvalue weighted by molar-refractivity contribution is 0.0594. The molecule has 0 aromatic heterocycles. The van der Waals surface area contributed by atoms with Crippen LogP contribution in [0.15, 0.2) is 30.3 Å². The summed E-state index contributed by atoms with van der Waals surface area (Å²) in [5, 5.41) is 3.04. The van der Waals surface area contributed by atoms with Gasteiger partial charge in [0.15, 0.2) is 0 Å². The van der Waals surface area contributed by atoms with Crippen LogP contribution in [0.5, 0.6) is 0 Å². The number of urea groups is 1. The molecular weight excluding hydrogens is 250 g/mol. The van der Waals surface area contributed by atoms with Gasteiger partial charge in [0, 0.05) is 26.2 Å². The predicted octanol–water partition coefficient (Wildman–Crippen LogP) is 1.96. The second kappa shape index (κ2) is 6.27. The van der Waals surface area contributed by atoms with E-state index < -0.39 is 0 Å². The first-order valence-corrected chi connectivity index (χ1v) is 7.27. The molecule has 1 aromatic rings. The number of amides is 2. The molecule has 1 aliphatic heterocycles. The molecule has 0 unspecified atom stereocenters. The SMILES string of the molecule is CN1CCN(C(=O)NCCc2ccccc2)C(C)(C)C1. The van der Waals surface area contributed by atoms with Crippen molar-refractivity contribution < 1.29 is 4.79 Å². The summed E-state index contributed by atoms with van der Waals surface area (Å²) < 4.78 is 0. The second-order valence-corrected chi connectivity index (χ2v) is 6.17. The molecule has 0 radical (unpaired) electrons. The Bertz CT molecular complexity index is 444. The van der Waals surface area contributed by atoms with Crippen LogP contribution in [0.25, 0.3) is 0 Å². The molecule has 0 aliphatic carbocycles. The number of nitrogens with zero attached hydrogens (tertiary/aromatic N) is 2. The molecule has 0 atom stereocenters.